The third-order valence-electron chi connectivity index (χ3n) is 3.78. The minimum Gasteiger partial charge on any atom is -0.371 e. The molecule has 0 spiro atoms. The Morgan fingerprint density at radius 3 is 2.63 bits per heavy atom. The second-order valence-corrected chi connectivity index (χ2v) is 5.12. The Morgan fingerprint density at radius 2 is 2.00 bits per heavy atom. The van der Waals surface area contributed by atoms with Gasteiger partial charge >= 0.3 is 0 Å². The number of hydrogen-bond donors (Lipinski definition) is 1. The van der Waals surface area contributed by atoms with Gasteiger partial charge in [0.05, 0.1) is 17.3 Å². The van der Waals surface area contributed by atoms with Gasteiger partial charge in [-0.3, -0.25) is 4.79 Å². The molecule has 1 heterocycles. The molecule has 1 amide bonds. The molecule has 1 aliphatic rings. The summed E-state index contributed by atoms with van der Waals surface area (Å²) in [5, 5.41) is 0. The molecule has 19 heavy (non-hydrogen) atoms. The molecule has 1 aromatic rings. The molecule has 1 unspecified atom stereocenters. The summed E-state index contributed by atoms with van der Waals surface area (Å²) in [6.45, 7) is 4.13. The van der Waals surface area contributed by atoms with Gasteiger partial charge in [-0.15, -0.1) is 0 Å². The SMILES string of the molecule is CCCC(CN)C(=O)N1CCN(C)c2ccccc21. The van der Waals surface area contributed by atoms with E-state index in [0.717, 1.165) is 37.3 Å². The second-order valence-electron chi connectivity index (χ2n) is 5.12. The molecule has 0 aliphatic carbocycles. The number of likely N-dealkylation sites (N-methyl/N-ethyl adjacent to an activating group) is 1. The number of amides is 1. The third kappa shape index (κ3) is 2.73. The standard InChI is InChI=1S/C15H23N3O/c1-3-6-12(11-16)15(19)18-10-9-17(2)13-7-4-5-8-14(13)18/h4-5,7-8,12H,3,6,9-11,16H2,1-2H3. The van der Waals surface area contributed by atoms with Gasteiger partial charge in [-0.2, -0.15) is 0 Å². The number of benzene rings is 1. The molecule has 4 nitrogen and oxygen atoms in total. The van der Waals surface area contributed by atoms with Gasteiger partial charge in [0.2, 0.25) is 5.91 Å². The van der Waals surface area contributed by atoms with E-state index in [2.05, 4.69) is 24.9 Å². The fourth-order valence-electron chi connectivity index (χ4n) is 2.65. The summed E-state index contributed by atoms with van der Waals surface area (Å²) in [6.07, 6.45) is 1.85. The molecule has 0 saturated heterocycles. The van der Waals surface area contributed by atoms with Gasteiger partial charge in [0.1, 0.15) is 0 Å². The summed E-state index contributed by atoms with van der Waals surface area (Å²) < 4.78 is 0. The van der Waals surface area contributed by atoms with Gasteiger partial charge in [0, 0.05) is 26.7 Å². The van der Waals surface area contributed by atoms with Crippen LogP contribution in [0.3, 0.4) is 0 Å². The van der Waals surface area contributed by atoms with Crippen molar-refractivity contribution in [3.05, 3.63) is 24.3 Å². The predicted molar refractivity (Wildman–Crippen MR) is 79.5 cm³/mol. The summed E-state index contributed by atoms with van der Waals surface area (Å²) in [5.41, 5.74) is 7.89. The van der Waals surface area contributed by atoms with Gasteiger partial charge in [0.25, 0.3) is 0 Å². The van der Waals surface area contributed by atoms with Crippen molar-refractivity contribution >= 4 is 17.3 Å². The van der Waals surface area contributed by atoms with Crippen molar-refractivity contribution < 1.29 is 4.79 Å². The zero-order valence-electron chi connectivity index (χ0n) is 11.8. The largest absolute Gasteiger partial charge is 0.371 e. The highest BCUT2D eigenvalue weighted by molar-refractivity contribution is 5.99. The van der Waals surface area contributed by atoms with Crippen molar-refractivity contribution in [3.63, 3.8) is 0 Å². The van der Waals surface area contributed by atoms with E-state index in [-0.39, 0.29) is 11.8 Å². The number of anilines is 2. The number of fused-ring (bicyclic) bond motifs is 1. The fourth-order valence-corrected chi connectivity index (χ4v) is 2.65. The van der Waals surface area contributed by atoms with Crippen LogP contribution in [-0.4, -0.2) is 32.6 Å². The maximum Gasteiger partial charge on any atom is 0.231 e. The zero-order chi connectivity index (χ0) is 13.8. The molecule has 0 aromatic heterocycles. The van der Waals surface area contributed by atoms with Crippen LogP contribution in [0.2, 0.25) is 0 Å². The summed E-state index contributed by atoms with van der Waals surface area (Å²) in [5.74, 6) is 0.117. The zero-order valence-corrected chi connectivity index (χ0v) is 11.8. The van der Waals surface area contributed by atoms with Crippen LogP contribution < -0.4 is 15.5 Å². The molecule has 4 heteroatoms. The van der Waals surface area contributed by atoms with Crippen LogP contribution in [0, 0.1) is 5.92 Å². The molecule has 0 radical (unpaired) electrons. The van der Waals surface area contributed by atoms with E-state index in [4.69, 9.17) is 5.73 Å². The van der Waals surface area contributed by atoms with E-state index in [1.54, 1.807) is 0 Å². The lowest BCUT2D eigenvalue weighted by atomic mass is 10.0. The molecule has 0 saturated carbocycles. The lowest BCUT2D eigenvalue weighted by Crippen LogP contribution is -2.46. The number of carbonyl (C=O) groups is 1. The molecule has 1 aromatic carbocycles. The first-order valence-corrected chi connectivity index (χ1v) is 7.00. The molecule has 0 bridgehead atoms. The fraction of sp³-hybridized carbons (Fsp3) is 0.533. The average molecular weight is 261 g/mol. The quantitative estimate of drug-likeness (QED) is 0.900. The predicted octanol–water partition coefficient (Wildman–Crippen LogP) is 1.84. The van der Waals surface area contributed by atoms with Crippen LogP contribution >= 0.6 is 0 Å². The Kier molecular flexibility index (Phi) is 4.43. The molecule has 2 rings (SSSR count). The minimum atomic E-state index is -0.0542. The van der Waals surface area contributed by atoms with Crippen LogP contribution in [-0.2, 0) is 4.79 Å². The Labute approximate surface area is 115 Å². The van der Waals surface area contributed by atoms with Crippen LogP contribution in [0.15, 0.2) is 24.3 Å². The highest BCUT2D eigenvalue weighted by atomic mass is 16.2. The highest BCUT2D eigenvalue weighted by Gasteiger charge is 2.28. The first-order valence-electron chi connectivity index (χ1n) is 7.00. The van der Waals surface area contributed by atoms with Crippen molar-refractivity contribution in [2.45, 2.75) is 19.8 Å². The highest BCUT2D eigenvalue weighted by Crippen LogP contribution is 2.32. The summed E-state index contributed by atoms with van der Waals surface area (Å²) >= 11 is 0. The molecular formula is C15H23N3O. The number of nitrogens with zero attached hydrogens (tertiary/aromatic N) is 2. The normalized spacial score (nSPS) is 16.2. The monoisotopic (exact) mass is 261 g/mol. The van der Waals surface area contributed by atoms with E-state index in [0.29, 0.717) is 6.54 Å². The van der Waals surface area contributed by atoms with Crippen LogP contribution in [0.5, 0.6) is 0 Å². The minimum absolute atomic E-state index is 0.0542. The number of rotatable bonds is 4. The smallest absolute Gasteiger partial charge is 0.231 e. The van der Waals surface area contributed by atoms with Crippen LogP contribution in [0.25, 0.3) is 0 Å². The second kappa shape index (κ2) is 6.06. The molecule has 104 valence electrons. The van der Waals surface area contributed by atoms with Gasteiger partial charge in [0.15, 0.2) is 0 Å². The maximum absolute atomic E-state index is 12.6. The van der Waals surface area contributed by atoms with Gasteiger partial charge in [-0.25, -0.2) is 0 Å². The Bertz CT molecular complexity index is 447. The lowest BCUT2D eigenvalue weighted by Gasteiger charge is -2.37. The summed E-state index contributed by atoms with van der Waals surface area (Å²) in [7, 11) is 2.06. The van der Waals surface area contributed by atoms with Crippen molar-refractivity contribution in [1.29, 1.82) is 0 Å². The first kappa shape index (κ1) is 13.9. The summed E-state index contributed by atoms with van der Waals surface area (Å²) in [6, 6.07) is 8.07. The maximum atomic E-state index is 12.6. The Morgan fingerprint density at radius 1 is 1.32 bits per heavy atom. The number of hydrogen-bond acceptors (Lipinski definition) is 3. The van der Waals surface area contributed by atoms with Crippen LogP contribution in [0.1, 0.15) is 19.8 Å². The van der Waals surface area contributed by atoms with E-state index in [1.807, 2.05) is 23.1 Å². The van der Waals surface area contributed by atoms with Crippen molar-refractivity contribution in [2.75, 3.05) is 36.5 Å². The molecule has 1 atom stereocenters. The first-order chi connectivity index (χ1) is 9.19. The molecular weight excluding hydrogens is 238 g/mol. The Hall–Kier alpha value is -1.55. The van der Waals surface area contributed by atoms with E-state index < -0.39 is 0 Å². The lowest BCUT2D eigenvalue weighted by molar-refractivity contribution is -0.122. The average Bonchev–Trinajstić information content (AvgIpc) is 2.45. The van der Waals surface area contributed by atoms with E-state index in [1.165, 1.54) is 0 Å². The van der Waals surface area contributed by atoms with Gasteiger partial charge in [-0.1, -0.05) is 25.5 Å². The molecule has 0 fully saturated rings. The Balaban J connectivity index is 2.26. The number of nitrogens with two attached hydrogens (primary N) is 1. The van der Waals surface area contributed by atoms with Crippen molar-refractivity contribution in [2.24, 2.45) is 11.7 Å². The van der Waals surface area contributed by atoms with E-state index in [9.17, 15) is 4.79 Å². The topological polar surface area (TPSA) is 49.6 Å². The third-order valence-corrected chi connectivity index (χ3v) is 3.78. The van der Waals surface area contributed by atoms with Crippen molar-refractivity contribution in [3.8, 4) is 0 Å². The summed E-state index contributed by atoms with van der Waals surface area (Å²) in [4.78, 5) is 16.7. The van der Waals surface area contributed by atoms with Crippen LogP contribution in [0.4, 0.5) is 11.4 Å². The van der Waals surface area contributed by atoms with Crippen molar-refractivity contribution in [1.82, 2.24) is 0 Å². The van der Waals surface area contributed by atoms with E-state index >= 15 is 0 Å². The number of para-hydroxylation sites is 2. The molecule has 2 N–H and O–H groups in total. The van der Waals surface area contributed by atoms with Gasteiger partial charge in [-0.05, 0) is 18.6 Å². The van der Waals surface area contributed by atoms with Gasteiger partial charge < -0.3 is 15.5 Å². The molecule has 1 aliphatic heterocycles. The number of carbonyl (C=O) groups excluding carboxylic acids is 1.